The summed E-state index contributed by atoms with van der Waals surface area (Å²) in [6.45, 7) is 6.31. The van der Waals surface area contributed by atoms with Crippen LogP contribution in [0.2, 0.25) is 0 Å². The van der Waals surface area contributed by atoms with Crippen molar-refractivity contribution in [1.82, 2.24) is 20.5 Å². The molecule has 0 spiro atoms. The first-order valence-electron chi connectivity index (χ1n) is 16.3. The van der Waals surface area contributed by atoms with Crippen molar-refractivity contribution in [2.45, 2.75) is 62.6 Å². The van der Waals surface area contributed by atoms with Crippen molar-refractivity contribution >= 4 is 28.3 Å². The molecule has 2 aliphatic heterocycles. The van der Waals surface area contributed by atoms with Crippen LogP contribution in [0.25, 0.3) is 11.3 Å². The van der Waals surface area contributed by atoms with E-state index < -0.39 is 11.6 Å². The third-order valence-corrected chi connectivity index (χ3v) is 10.5. The van der Waals surface area contributed by atoms with Crippen molar-refractivity contribution in [2.75, 3.05) is 57.9 Å². The maximum Gasteiger partial charge on any atom is 0.327 e. The van der Waals surface area contributed by atoms with E-state index in [2.05, 4.69) is 25.8 Å². The summed E-state index contributed by atoms with van der Waals surface area (Å²) < 4.78 is 10.6. The number of aromatic nitrogens is 1. The summed E-state index contributed by atoms with van der Waals surface area (Å²) in [4.78, 5) is 36.2. The minimum Gasteiger partial charge on any atom is -0.468 e. The summed E-state index contributed by atoms with van der Waals surface area (Å²) in [5.74, 6) is -0.432. The van der Waals surface area contributed by atoms with Gasteiger partial charge < -0.3 is 19.7 Å². The average Bonchev–Trinajstić information content (AvgIpc) is 3.60. The normalized spacial score (nSPS) is 20.0. The van der Waals surface area contributed by atoms with Crippen LogP contribution < -0.4 is 15.5 Å². The number of piperidine rings is 1. The number of anilines is 1. The summed E-state index contributed by atoms with van der Waals surface area (Å²) in [5.41, 5.74) is 2.99. The second-order valence-electron chi connectivity index (χ2n) is 12.5. The topological polar surface area (TPSA) is 96.0 Å². The molecule has 45 heavy (non-hydrogen) atoms. The van der Waals surface area contributed by atoms with Gasteiger partial charge in [0.05, 0.1) is 31.6 Å². The lowest BCUT2D eigenvalue weighted by molar-refractivity contribution is -0.143. The molecule has 0 radical (unpaired) electrons. The number of nitrogens with zero attached hydrogens (tertiary/aromatic N) is 3. The van der Waals surface area contributed by atoms with E-state index >= 15 is 0 Å². The van der Waals surface area contributed by atoms with Crippen LogP contribution in [0.3, 0.4) is 0 Å². The Hall–Kier alpha value is -3.31. The van der Waals surface area contributed by atoms with Gasteiger partial charge in [0.25, 0.3) is 5.91 Å². The fraction of sp³-hybridized carbons (Fsp3) is 0.514. The summed E-state index contributed by atoms with van der Waals surface area (Å²) >= 11 is 1.69. The lowest BCUT2D eigenvalue weighted by Gasteiger charge is -2.40. The van der Waals surface area contributed by atoms with Crippen LogP contribution in [-0.2, 0) is 14.3 Å². The smallest absolute Gasteiger partial charge is 0.327 e. The number of thiazole rings is 1. The molecule has 3 heterocycles. The molecule has 6 rings (SSSR count). The molecule has 1 amide bonds. The van der Waals surface area contributed by atoms with Crippen molar-refractivity contribution in [3.8, 4) is 11.3 Å². The molecule has 3 fully saturated rings. The number of benzene rings is 2. The summed E-state index contributed by atoms with van der Waals surface area (Å²) in [7, 11) is 1.41. The quantitative estimate of drug-likeness (QED) is 0.301. The van der Waals surface area contributed by atoms with E-state index in [0.717, 1.165) is 106 Å². The molecule has 1 aliphatic carbocycles. The fourth-order valence-corrected chi connectivity index (χ4v) is 7.87. The van der Waals surface area contributed by atoms with Crippen LogP contribution in [0.1, 0.15) is 66.9 Å². The molecule has 0 unspecified atom stereocenters. The molecule has 3 aliphatic rings. The van der Waals surface area contributed by atoms with E-state index in [-0.39, 0.29) is 11.9 Å². The van der Waals surface area contributed by atoms with Crippen LogP contribution in [0, 0.1) is 0 Å². The van der Waals surface area contributed by atoms with Crippen LogP contribution in [0.4, 0.5) is 5.13 Å². The van der Waals surface area contributed by atoms with Crippen molar-refractivity contribution in [3.05, 3.63) is 71.1 Å². The number of morpholine rings is 1. The number of nitrogens with one attached hydrogen (secondary N) is 2. The minimum absolute atomic E-state index is 0.0957. The third-order valence-electron chi connectivity index (χ3n) is 9.64. The second kappa shape index (κ2) is 14.9. The highest BCUT2D eigenvalue weighted by atomic mass is 32.1. The number of amides is 1. The number of ether oxygens (including phenoxy) is 2. The maximum atomic E-state index is 13.6. The predicted molar refractivity (Wildman–Crippen MR) is 178 cm³/mol. The minimum atomic E-state index is -0.592. The Morgan fingerprint density at radius 3 is 2.40 bits per heavy atom. The van der Waals surface area contributed by atoms with Crippen LogP contribution in [0.5, 0.6) is 0 Å². The first kappa shape index (κ1) is 31.7. The van der Waals surface area contributed by atoms with Gasteiger partial charge in [-0.1, -0.05) is 61.7 Å². The van der Waals surface area contributed by atoms with Gasteiger partial charge in [-0.2, -0.15) is 0 Å². The number of hydrogen-bond acceptors (Lipinski definition) is 9. The Balaban J connectivity index is 1.07. The zero-order valence-electron chi connectivity index (χ0n) is 26.2. The van der Waals surface area contributed by atoms with Gasteiger partial charge in [0, 0.05) is 55.3 Å². The van der Waals surface area contributed by atoms with E-state index in [0.29, 0.717) is 18.2 Å². The summed E-state index contributed by atoms with van der Waals surface area (Å²) in [6.07, 6.45) is 7.25. The Bertz CT molecular complexity index is 1390. The third kappa shape index (κ3) is 7.74. The molecule has 10 heteroatoms. The van der Waals surface area contributed by atoms with Gasteiger partial charge >= 0.3 is 5.97 Å². The monoisotopic (exact) mass is 631 g/mol. The maximum absolute atomic E-state index is 13.6. The molecule has 1 saturated carbocycles. The standard InChI is InChI=1S/C35H45N5O4S/c1-43-33(42)31(27-8-4-2-5-9-27)36-25-35(16-6-3-7-17-35)38-32(41)28-12-10-26(11-13-28)30-24-45-34(37-30)40-18-14-29(15-19-40)39-20-22-44-23-21-39/h2,4-5,8-13,24,29,31,36H,3,6-7,14-23,25H2,1H3,(H,38,41)/t31-/m0/s1. The fourth-order valence-electron chi connectivity index (χ4n) is 6.98. The van der Waals surface area contributed by atoms with Gasteiger partial charge in [-0.05, 0) is 43.4 Å². The predicted octanol–water partition coefficient (Wildman–Crippen LogP) is 5.05. The highest BCUT2D eigenvalue weighted by molar-refractivity contribution is 7.14. The Kier molecular flexibility index (Phi) is 10.5. The van der Waals surface area contributed by atoms with Crippen molar-refractivity contribution < 1.29 is 19.1 Å². The van der Waals surface area contributed by atoms with Gasteiger partial charge in [-0.15, -0.1) is 11.3 Å². The van der Waals surface area contributed by atoms with Crippen molar-refractivity contribution in [1.29, 1.82) is 0 Å². The van der Waals surface area contributed by atoms with Gasteiger partial charge in [-0.3, -0.25) is 15.0 Å². The van der Waals surface area contributed by atoms with Gasteiger partial charge in [0.15, 0.2) is 5.13 Å². The van der Waals surface area contributed by atoms with E-state index in [1.54, 1.807) is 11.3 Å². The molecule has 2 aromatic carbocycles. The number of rotatable bonds is 10. The number of carbonyl (C=O) groups is 2. The van der Waals surface area contributed by atoms with Crippen molar-refractivity contribution in [2.24, 2.45) is 0 Å². The van der Waals surface area contributed by atoms with Gasteiger partial charge in [0.2, 0.25) is 0 Å². The number of esters is 1. The van der Waals surface area contributed by atoms with E-state index in [1.807, 2.05) is 54.6 Å². The highest BCUT2D eigenvalue weighted by Gasteiger charge is 2.36. The number of methoxy groups -OCH3 is 1. The molecule has 0 bridgehead atoms. The van der Waals surface area contributed by atoms with Crippen LogP contribution in [0.15, 0.2) is 60.0 Å². The molecule has 2 N–H and O–H groups in total. The second-order valence-corrected chi connectivity index (χ2v) is 13.3. The Labute approximate surface area is 270 Å². The average molecular weight is 632 g/mol. The number of carbonyl (C=O) groups excluding carboxylic acids is 2. The SMILES string of the molecule is COC(=O)[C@@H](NCC1(NC(=O)c2ccc(-c3csc(N4CCC(N5CCOCC5)CC4)n3)cc2)CCCCC1)c1ccccc1. The number of hydrogen-bond donors (Lipinski definition) is 2. The summed E-state index contributed by atoms with van der Waals surface area (Å²) in [5, 5.41) is 9.97. The molecule has 1 atom stereocenters. The molecule has 3 aromatic rings. The molecular weight excluding hydrogens is 586 g/mol. The molecular formula is C35H45N5O4S. The van der Waals surface area contributed by atoms with E-state index in [1.165, 1.54) is 7.11 Å². The lowest BCUT2D eigenvalue weighted by atomic mass is 9.81. The largest absolute Gasteiger partial charge is 0.468 e. The first-order valence-corrected chi connectivity index (χ1v) is 17.2. The van der Waals surface area contributed by atoms with Crippen LogP contribution in [-0.4, -0.2) is 86.4 Å². The zero-order chi connectivity index (χ0) is 31.1. The Morgan fingerprint density at radius 2 is 1.71 bits per heavy atom. The lowest BCUT2D eigenvalue weighted by Crippen LogP contribution is -2.56. The van der Waals surface area contributed by atoms with E-state index in [9.17, 15) is 9.59 Å². The van der Waals surface area contributed by atoms with E-state index in [4.69, 9.17) is 14.5 Å². The molecule has 2 saturated heterocycles. The molecule has 1 aromatic heterocycles. The molecule has 240 valence electrons. The van der Waals surface area contributed by atoms with Gasteiger partial charge in [-0.25, -0.2) is 9.78 Å². The Morgan fingerprint density at radius 1 is 1.00 bits per heavy atom. The summed E-state index contributed by atoms with van der Waals surface area (Å²) in [6, 6.07) is 17.4. The first-order chi connectivity index (χ1) is 22.0. The van der Waals surface area contributed by atoms with Crippen molar-refractivity contribution in [3.63, 3.8) is 0 Å². The van der Waals surface area contributed by atoms with Crippen LogP contribution >= 0.6 is 11.3 Å². The zero-order valence-corrected chi connectivity index (χ0v) is 27.0. The molecule has 9 nitrogen and oxygen atoms in total. The van der Waals surface area contributed by atoms with Gasteiger partial charge in [0.1, 0.15) is 6.04 Å². The highest BCUT2D eigenvalue weighted by Crippen LogP contribution is 2.32.